The van der Waals surface area contributed by atoms with Crippen LogP contribution in [0.4, 0.5) is 11.4 Å². The predicted molar refractivity (Wildman–Crippen MR) is 113 cm³/mol. The number of amides is 1. The van der Waals surface area contributed by atoms with Crippen molar-refractivity contribution in [1.29, 1.82) is 0 Å². The van der Waals surface area contributed by atoms with Gasteiger partial charge in [0.05, 0.1) is 30.4 Å². The summed E-state index contributed by atoms with van der Waals surface area (Å²) in [5, 5.41) is 18.1. The maximum Gasteiger partial charge on any atom is 0.293 e. The van der Waals surface area contributed by atoms with Gasteiger partial charge in [-0.3, -0.25) is 14.9 Å². The number of benzene rings is 2. The summed E-state index contributed by atoms with van der Waals surface area (Å²) < 4.78 is 5.30. The van der Waals surface area contributed by atoms with Crippen LogP contribution in [0.3, 0.4) is 0 Å². The molecule has 2 aromatic carbocycles. The summed E-state index contributed by atoms with van der Waals surface area (Å²) in [5.74, 6) is -0.308. The topological polar surface area (TPSA) is 106 Å². The molecule has 9 heteroatoms. The number of morpholine rings is 1. The number of nitro benzene ring substituents is 1. The lowest BCUT2D eigenvalue weighted by Gasteiger charge is -2.28. The number of rotatable bonds is 8. The molecule has 1 aliphatic heterocycles. The second-order valence-corrected chi connectivity index (χ2v) is 6.81. The van der Waals surface area contributed by atoms with Gasteiger partial charge in [-0.15, -0.1) is 0 Å². The lowest BCUT2D eigenvalue weighted by Crippen LogP contribution is -2.36. The van der Waals surface area contributed by atoms with Crippen molar-refractivity contribution in [3.63, 3.8) is 0 Å². The Hall–Kier alpha value is -3.46. The molecule has 0 radical (unpaired) electrons. The molecule has 1 aliphatic rings. The van der Waals surface area contributed by atoms with Crippen molar-refractivity contribution >= 4 is 23.5 Å². The average Bonchev–Trinajstić information content (AvgIpc) is 2.77. The van der Waals surface area contributed by atoms with Gasteiger partial charge in [0.2, 0.25) is 0 Å². The third-order valence-electron chi connectivity index (χ3n) is 4.70. The highest BCUT2D eigenvalue weighted by molar-refractivity contribution is 5.83. The van der Waals surface area contributed by atoms with Gasteiger partial charge in [-0.05, 0) is 18.6 Å². The first kappa shape index (κ1) is 21.3. The van der Waals surface area contributed by atoms with Gasteiger partial charge in [-0.25, -0.2) is 0 Å². The maximum atomic E-state index is 12.0. The van der Waals surface area contributed by atoms with Crippen LogP contribution in [-0.4, -0.2) is 50.0 Å². The highest BCUT2D eigenvalue weighted by Gasteiger charge is 2.21. The van der Waals surface area contributed by atoms with Crippen molar-refractivity contribution in [3.05, 3.63) is 69.8 Å². The number of carbonyl (C=O) groups excluding carboxylic acids is 1. The average molecular weight is 412 g/mol. The Bertz CT molecular complexity index is 898. The fourth-order valence-electron chi connectivity index (χ4n) is 3.14. The van der Waals surface area contributed by atoms with Crippen LogP contribution < -0.4 is 10.2 Å². The minimum Gasteiger partial charge on any atom is -0.386 e. The standard InChI is InChI=1S/C21H24N4O5/c1-16(18-5-3-2-4-6-18)23-21(26)15-30-22-14-17-7-8-19(20(13-17)25(27)28)24-9-11-29-12-10-24/h2-8,13-14,16H,9-12,15H2,1H3,(H,23,26)/b22-14-/t16-/m0/s1. The smallest absolute Gasteiger partial charge is 0.293 e. The predicted octanol–water partition coefficient (Wildman–Crippen LogP) is 2.66. The monoisotopic (exact) mass is 412 g/mol. The molecule has 30 heavy (non-hydrogen) atoms. The van der Waals surface area contributed by atoms with Gasteiger partial charge in [-0.1, -0.05) is 41.6 Å². The van der Waals surface area contributed by atoms with E-state index in [1.165, 1.54) is 12.3 Å². The number of hydrogen-bond acceptors (Lipinski definition) is 7. The summed E-state index contributed by atoms with van der Waals surface area (Å²) in [6.45, 7) is 3.92. The Labute approximate surface area is 174 Å². The molecule has 0 saturated carbocycles. The number of carbonyl (C=O) groups is 1. The first-order valence-electron chi connectivity index (χ1n) is 9.65. The van der Waals surface area contributed by atoms with Crippen molar-refractivity contribution in [2.45, 2.75) is 13.0 Å². The van der Waals surface area contributed by atoms with E-state index in [0.717, 1.165) is 5.56 Å². The molecule has 1 saturated heterocycles. The van der Waals surface area contributed by atoms with E-state index < -0.39 is 4.92 Å². The third kappa shape index (κ3) is 5.77. The first-order chi connectivity index (χ1) is 14.5. The summed E-state index contributed by atoms with van der Waals surface area (Å²) in [6.07, 6.45) is 1.35. The molecule has 0 bridgehead atoms. The van der Waals surface area contributed by atoms with Crippen LogP contribution >= 0.6 is 0 Å². The third-order valence-corrected chi connectivity index (χ3v) is 4.70. The number of oxime groups is 1. The molecule has 0 aliphatic carbocycles. The van der Waals surface area contributed by atoms with Crippen molar-refractivity contribution < 1.29 is 19.3 Å². The van der Waals surface area contributed by atoms with E-state index in [1.54, 1.807) is 12.1 Å². The van der Waals surface area contributed by atoms with Crippen LogP contribution in [0.5, 0.6) is 0 Å². The van der Waals surface area contributed by atoms with E-state index in [1.807, 2.05) is 42.2 Å². The molecular weight excluding hydrogens is 388 g/mol. The largest absolute Gasteiger partial charge is 0.386 e. The maximum absolute atomic E-state index is 12.0. The first-order valence-corrected chi connectivity index (χ1v) is 9.65. The summed E-state index contributed by atoms with van der Waals surface area (Å²) in [5.41, 5.74) is 2.05. The lowest BCUT2D eigenvalue weighted by atomic mass is 10.1. The molecule has 3 rings (SSSR count). The van der Waals surface area contributed by atoms with E-state index in [2.05, 4.69) is 10.5 Å². The number of nitrogens with one attached hydrogen (secondary N) is 1. The molecule has 0 aromatic heterocycles. The van der Waals surface area contributed by atoms with Crippen molar-refractivity contribution in [2.24, 2.45) is 5.16 Å². The van der Waals surface area contributed by atoms with Crippen LogP contribution in [0.15, 0.2) is 53.7 Å². The fraction of sp³-hybridized carbons (Fsp3) is 0.333. The molecule has 0 unspecified atom stereocenters. The Morgan fingerprint density at radius 2 is 2.03 bits per heavy atom. The second-order valence-electron chi connectivity index (χ2n) is 6.81. The summed E-state index contributed by atoms with van der Waals surface area (Å²) in [4.78, 5) is 30.0. The quantitative estimate of drug-likeness (QED) is 0.406. The van der Waals surface area contributed by atoms with E-state index in [0.29, 0.717) is 37.6 Å². The molecule has 1 fully saturated rings. The number of anilines is 1. The van der Waals surface area contributed by atoms with Gasteiger partial charge >= 0.3 is 0 Å². The van der Waals surface area contributed by atoms with Crippen LogP contribution in [0.25, 0.3) is 0 Å². The number of nitrogens with zero attached hydrogens (tertiary/aromatic N) is 3. The Morgan fingerprint density at radius 3 is 2.73 bits per heavy atom. The molecule has 1 atom stereocenters. The normalized spacial score (nSPS) is 15.0. The zero-order chi connectivity index (χ0) is 21.3. The van der Waals surface area contributed by atoms with Crippen LogP contribution in [0, 0.1) is 10.1 Å². The Balaban J connectivity index is 1.54. The number of hydrogen-bond donors (Lipinski definition) is 1. The lowest BCUT2D eigenvalue weighted by molar-refractivity contribution is -0.384. The van der Waals surface area contributed by atoms with Gasteiger partial charge in [0.1, 0.15) is 5.69 Å². The van der Waals surface area contributed by atoms with E-state index >= 15 is 0 Å². The van der Waals surface area contributed by atoms with Gasteiger partial charge in [0.25, 0.3) is 11.6 Å². The summed E-state index contributed by atoms with van der Waals surface area (Å²) in [7, 11) is 0. The summed E-state index contributed by atoms with van der Waals surface area (Å²) >= 11 is 0. The van der Waals surface area contributed by atoms with Crippen LogP contribution in [-0.2, 0) is 14.4 Å². The van der Waals surface area contributed by atoms with Gasteiger partial charge in [0, 0.05) is 24.7 Å². The van der Waals surface area contributed by atoms with Crippen molar-refractivity contribution in [2.75, 3.05) is 37.8 Å². The number of nitro groups is 1. The second kappa shape index (κ2) is 10.4. The van der Waals surface area contributed by atoms with Crippen LogP contribution in [0.1, 0.15) is 24.1 Å². The van der Waals surface area contributed by atoms with E-state index in [-0.39, 0.29) is 24.2 Å². The fourth-order valence-corrected chi connectivity index (χ4v) is 3.14. The number of ether oxygens (including phenoxy) is 1. The highest BCUT2D eigenvalue weighted by Crippen LogP contribution is 2.29. The SMILES string of the molecule is C[C@H](NC(=O)CO/N=C\c1ccc(N2CCOCC2)c([N+](=O)[O-])c1)c1ccccc1. The molecule has 158 valence electrons. The van der Waals surface area contributed by atoms with E-state index in [9.17, 15) is 14.9 Å². The Morgan fingerprint density at radius 1 is 1.30 bits per heavy atom. The summed E-state index contributed by atoms with van der Waals surface area (Å²) in [6, 6.07) is 14.3. The molecule has 1 N–H and O–H groups in total. The van der Waals surface area contributed by atoms with Gasteiger partial charge < -0.3 is 19.8 Å². The minimum atomic E-state index is -0.415. The molecule has 9 nitrogen and oxygen atoms in total. The van der Waals surface area contributed by atoms with Crippen molar-refractivity contribution in [1.82, 2.24) is 5.32 Å². The minimum absolute atomic E-state index is 0.00437. The molecular formula is C21H24N4O5. The van der Waals surface area contributed by atoms with Gasteiger partial charge in [0.15, 0.2) is 6.61 Å². The zero-order valence-corrected chi connectivity index (χ0v) is 16.7. The molecule has 1 amide bonds. The molecule has 1 heterocycles. The van der Waals surface area contributed by atoms with Gasteiger partial charge in [-0.2, -0.15) is 0 Å². The van der Waals surface area contributed by atoms with E-state index in [4.69, 9.17) is 9.57 Å². The highest BCUT2D eigenvalue weighted by atomic mass is 16.6. The van der Waals surface area contributed by atoms with Crippen LogP contribution in [0.2, 0.25) is 0 Å². The molecule has 0 spiro atoms. The molecule has 2 aromatic rings. The zero-order valence-electron chi connectivity index (χ0n) is 16.7. The Kier molecular flexibility index (Phi) is 7.34. The van der Waals surface area contributed by atoms with Crippen molar-refractivity contribution in [3.8, 4) is 0 Å².